The van der Waals surface area contributed by atoms with Gasteiger partial charge in [0.25, 0.3) is 0 Å². The number of nitrogens with zero attached hydrogens (tertiary/aromatic N) is 4. The molecule has 25 heavy (non-hydrogen) atoms. The zero-order valence-electron chi connectivity index (χ0n) is 13.7. The van der Waals surface area contributed by atoms with Gasteiger partial charge in [0.1, 0.15) is 5.52 Å². The summed E-state index contributed by atoms with van der Waals surface area (Å²) in [6, 6.07) is 1.52. The molecule has 0 amide bonds. The van der Waals surface area contributed by atoms with Gasteiger partial charge in [0, 0.05) is 19.3 Å². The largest absolute Gasteiger partial charge is 0.465 e. The van der Waals surface area contributed by atoms with Gasteiger partial charge in [0.2, 0.25) is 5.95 Å². The third-order valence-corrected chi connectivity index (χ3v) is 4.02. The Bertz CT molecular complexity index is 790. The van der Waals surface area contributed by atoms with E-state index in [0.29, 0.717) is 30.2 Å². The number of anilines is 1. The van der Waals surface area contributed by atoms with Gasteiger partial charge in [0.15, 0.2) is 11.8 Å². The van der Waals surface area contributed by atoms with Crippen LogP contribution in [-0.2, 0) is 16.0 Å². The van der Waals surface area contributed by atoms with Gasteiger partial charge in [0.05, 0.1) is 25.8 Å². The van der Waals surface area contributed by atoms with E-state index in [-0.39, 0.29) is 18.7 Å². The Balaban J connectivity index is 1.99. The lowest BCUT2D eigenvalue weighted by Gasteiger charge is -2.34. The number of hydrogen-bond acceptors (Lipinski definition) is 6. The van der Waals surface area contributed by atoms with E-state index < -0.39 is 18.2 Å². The lowest BCUT2D eigenvalue weighted by molar-refractivity contribution is -0.221. The number of ether oxygens (including phenoxy) is 2. The summed E-state index contributed by atoms with van der Waals surface area (Å²) in [7, 11) is 1.26. The minimum absolute atomic E-state index is 0.0437. The summed E-state index contributed by atoms with van der Waals surface area (Å²) in [4.78, 5) is 21.8. The van der Waals surface area contributed by atoms with Crippen molar-refractivity contribution >= 4 is 23.1 Å². The van der Waals surface area contributed by atoms with Gasteiger partial charge in [-0.1, -0.05) is 0 Å². The lowest BCUT2D eigenvalue weighted by Crippen LogP contribution is -2.50. The molecular formula is C15H17F3N4O3. The lowest BCUT2D eigenvalue weighted by atomic mass is 10.3. The number of halogens is 3. The standard InChI is InChI=1S/C15H17F3N4O3/c1-3-22-12-10(6-9(7-19-12)13(23)24-2)20-14(22)21-4-5-25-11(8-21)15(16,17)18/h6-7,11H,3-5,8H2,1-2H3/t11-/m1/s1. The van der Waals surface area contributed by atoms with Gasteiger partial charge < -0.3 is 14.4 Å². The summed E-state index contributed by atoms with van der Waals surface area (Å²) < 4.78 is 50.1. The van der Waals surface area contributed by atoms with Crippen molar-refractivity contribution in [1.29, 1.82) is 0 Å². The zero-order chi connectivity index (χ0) is 18.2. The Kier molecular flexibility index (Phi) is 4.55. The minimum atomic E-state index is -4.43. The normalized spacial score (nSPS) is 18.6. The van der Waals surface area contributed by atoms with Crippen LogP contribution >= 0.6 is 0 Å². The second kappa shape index (κ2) is 6.51. The molecule has 0 radical (unpaired) electrons. The Labute approximate surface area is 141 Å². The number of hydrogen-bond donors (Lipinski definition) is 0. The molecule has 0 unspecified atom stereocenters. The van der Waals surface area contributed by atoms with Crippen LogP contribution in [0.25, 0.3) is 11.2 Å². The molecule has 10 heteroatoms. The van der Waals surface area contributed by atoms with E-state index in [4.69, 9.17) is 4.74 Å². The van der Waals surface area contributed by atoms with Gasteiger partial charge in [-0.2, -0.15) is 13.2 Å². The first-order valence-corrected chi connectivity index (χ1v) is 7.73. The second-order valence-corrected chi connectivity index (χ2v) is 5.56. The average Bonchev–Trinajstić information content (AvgIpc) is 2.98. The van der Waals surface area contributed by atoms with Gasteiger partial charge in [-0.3, -0.25) is 4.57 Å². The van der Waals surface area contributed by atoms with E-state index in [1.165, 1.54) is 24.3 Å². The predicted molar refractivity (Wildman–Crippen MR) is 82.5 cm³/mol. The van der Waals surface area contributed by atoms with Crippen molar-refractivity contribution in [3.05, 3.63) is 17.8 Å². The van der Waals surface area contributed by atoms with E-state index in [1.54, 1.807) is 4.57 Å². The summed E-state index contributed by atoms with van der Waals surface area (Å²) in [6.45, 7) is 2.24. The third kappa shape index (κ3) is 3.26. The van der Waals surface area contributed by atoms with Gasteiger partial charge in [-0.25, -0.2) is 14.8 Å². The van der Waals surface area contributed by atoms with Gasteiger partial charge >= 0.3 is 12.1 Å². The van der Waals surface area contributed by atoms with Crippen molar-refractivity contribution < 1.29 is 27.4 Å². The molecule has 1 aliphatic rings. The molecule has 1 saturated heterocycles. The molecule has 0 spiro atoms. The molecule has 3 heterocycles. The molecule has 0 bridgehead atoms. The molecule has 7 nitrogen and oxygen atoms in total. The van der Waals surface area contributed by atoms with Crippen LogP contribution in [0.2, 0.25) is 0 Å². The van der Waals surface area contributed by atoms with E-state index in [1.807, 2.05) is 6.92 Å². The highest BCUT2D eigenvalue weighted by Crippen LogP contribution is 2.29. The quantitative estimate of drug-likeness (QED) is 0.782. The molecule has 136 valence electrons. The zero-order valence-corrected chi connectivity index (χ0v) is 13.7. The second-order valence-electron chi connectivity index (χ2n) is 5.56. The van der Waals surface area contributed by atoms with Crippen LogP contribution in [0.15, 0.2) is 12.3 Å². The topological polar surface area (TPSA) is 69.5 Å². The number of esters is 1. The van der Waals surface area contributed by atoms with Gasteiger partial charge in [-0.05, 0) is 13.0 Å². The molecule has 0 N–H and O–H groups in total. The highest BCUT2D eigenvalue weighted by atomic mass is 19.4. The Morgan fingerprint density at radius 1 is 1.48 bits per heavy atom. The molecule has 2 aromatic rings. The minimum Gasteiger partial charge on any atom is -0.465 e. The van der Waals surface area contributed by atoms with Crippen molar-refractivity contribution in [2.45, 2.75) is 25.7 Å². The smallest absolute Gasteiger partial charge is 0.416 e. The number of methoxy groups -OCH3 is 1. The maximum Gasteiger partial charge on any atom is 0.416 e. The fourth-order valence-corrected chi connectivity index (χ4v) is 2.79. The number of morpholine rings is 1. The van der Waals surface area contributed by atoms with E-state index >= 15 is 0 Å². The van der Waals surface area contributed by atoms with E-state index in [2.05, 4.69) is 14.7 Å². The predicted octanol–water partition coefficient (Wildman–Crippen LogP) is 2.01. The molecule has 2 aromatic heterocycles. The van der Waals surface area contributed by atoms with Crippen molar-refractivity contribution in [2.75, 3.05) is 31.7 Å². The van der Waals surface area contributed by atoms with Crippen molar-refractivity contribution in [1.82, 2.24) is 14.5 Å². The summed E-state index contributed by atoms with van der Waals surface area (Å²) >= 11 is 0. The summed E-state index contributed by atoms with van der Waals surface area (Å²) in [6.07, 6.45) is -4.92. The molecular weight excluding hydrogens is 341 g/mol. The maximum atomic E-state index is 13.0. The number of aryl methyl sites for hydroxylation is 1. The van der Waals surface area contributed by atoms with Crippen molar-refractivity contribution in [3.63, 3.8) is 0 Å². The number of rotatable bonds is 3. The van der Waals surface area contributed by atoms with Crippen LogP contribution in [0.4, 0.5) is 19.1 Å². The fourth-order valence-electron chi connectivity index (χ4n) is 2.79. The third-order valence-electron chi connectivity index (χ3n) is 4.02. The van der Waals surface area contributed by atoms with Crippen LogP contribution in [0.3, 0.4) is 0 Å². The molecule has 1 atom stereocenters. The summed E-state index contributed by atoms with van der Waals surface area (Å²) in [5.41, 5.74) is 1.16. The SMILES string of the molecule is CCn1c(N2CCO[C@@H](C(F)(F)F)C2)nc2cc(C(=O)OC)cnc21. The van der Waals surface area contributed by atoms with E-state index in [9.17, 15) is 18.0 Å². The van der Waals surface area contributed by atoms with Crippen molar-refractivity contribution in [3.8, 4) is 0 Å². The monoisotopic (exact) mass is 358 g/mol. The average molecular weight is 358 g/mol. The molecule has 3 rings (SSSR count). The summed E-state index contributed by atoms with van der Waals surface area (Å²) in [5, 5.41) is 0. The highest BCUT2D eigenvalue weighted by molar-refractivity contribution is 5.92. The number of aromatic nitrogens is 3. The first kappa shape index (κ1) is 17.5. The van der Waals surface area contributed by atoms with Crippen LogP contribution in [0, 0.1) is 0 Å². The van der Waals surface area contributed by atoms with Crippen LogP contribution in [-0.4, -0.2) is 59.6 Å². The Morgan fingerprint density at radius 2 is 2.24 bits per heavy atom. The van der Waals surface area contributed by atoms with Crippen molar-refractivity contribution in [2.24, 2.45) is 0 Å². The first-order chi connectivity index (χ1) is 11.8. The molecule has 1 aliphatic heterocycles. The Hall–Kier alpha value is -2.36. The molecule has 1 fully saturated rings. The molecule has 0 saturated carbocycles. The molecule has 0 aliphatic carbocycles. The maximum absolute atomic E-state index is 13.0. The Morgan fingerprint density at radius 3 is 2.88 bits per heavy atom. The molecule has 0 aromatic carbocycles. The number of imidazole rings is 1. The number of carbonyl (C=O) groups excluding carboxylic acids is 1. The van der Waals surface area contributed by atoms with Crippen LogP contribution < -0.4 is 4.90 Å². The summed E-state index contributed by atoms with van der Waals surface area (Å²) in [5.74, 6) is -0.171. The fraction of sp³-hybridized carbons (Fsp3) is 0.533. The number of pyridine rings is 1. The number of alkyl halides is 3. The van der Waals surface area contributed by atoms with Gasteiger partial charge in [-0.15, -0.1) is 0 Å². The van der Waals surface area contributed by atoms with Crippen LogP contribution in [0.1, 0.15) is 17.3 Å². The van der Waals surface area contributed by atoms with Crippen LogP contribution in [0.5, 0.6) is 0 Å². The first-order valence-electron chi connectivity index (χ1n) is 7.73. The number of carbonyl (C=O) groups is 1. The number of fused-ring (bicyclic) bond motifs is 1. The highest BCUT2D eigenvalue weighted by Gasteiger charge is 2.44. The van der Waals surface area contributed by atoms with E-state index in [0.717, 1.165) is 0 Å².